The highest BCUT2D eigenvalue weighted by Gasteiger charge is 2.15. The highest BCUT2D eigenvalue weighted by Crippen LogP contribution is 2.20. The first-order chi connectivity index (χ1) is 8.24. The van der Waals surface area contributed by atoms with E-state index in [2.05, 4.69) is 10.6 Å². The van der Waals surface area contributed by atoms with E-state index in [1.807, 2.05) is 11.4 Å². The van der Waals surface area contributed by atoms with Gasteiger partial charge < -0.3 is 10.6 Å². The minimum Gasteiger partial charge on any atom is -0.352 e. The van der Waals surface area contributed by atoms with E-state index in [1.54, 1.807) is 11.3 Å². The molecule has 2 heterocycles. The highest BCUT2D eigenvalue weighted by atomic mass is 35.5. The van der Waals surface area contributed by atoms with Crippen LogP contribution >= 0.6 is 22.9 Å². The third kappa shape index (κ3) is 4.30. The summed E-state index contributed by atoms with van der Waals surface area (Å²) >= 11 is 7.45. The smallest absolute Gasteiger partial charge is 0.220 e. The average Bonchev–Trinajstić information content (AvgIpc) is 2.74. The van der Waals surface area contributed by atoms with Gasteiger partial charge in [-0.05, 0) is 31.9 Å². The van der Waals surface area contributed by atoms with E-state index in [4.69, 9.17) is 11.6 Å². The molecule has 94 valence electrons. The van der Waals surface area contributed by atoms with Crippen molar-refractivity contribution in [3.8, 4) is 0 Å². The van der Waals surface area contributed by atoms with E-state index < -0.39 is 0 Å². The third-order valence-electron chi connectivity index (χ3n) is 2.88. The van der Waals surface area contributed by atoms with Crippen molar-refractivity contribution in [2.45, 2.75) is 31.7 Å². The van der Waals surface area contributed by atoms with Gasteiger partial charge in [0.05, 0.1) is 5.02 Å². The van der Waals surface area contributed by atoms with Crippen LogP contribution in [0.1, 0.15) is 24.1 Å². The Kier molecular flexibility index (Phi) is 4.83. The maximum atomic E-state index is 11.7. The Balaban J connectivity index is 1.70. The predicted molar refractivity (Wildman–Crippen MR) is 71.7 cm³/mol. The third-order valence-corrected chi connectivity index (χ3v) is 4.23. The number of hydrogen-bond donors (Lipinski definition) is 2. The second-order valence-electron chi connectivity index (χ2n) is 4.34. The van der Waals surface area contributed by atoms with Crippen LogP contribution in [0.2, 0.25) is 5.02 Å². The van der Waals surface area contributed by atoms with Crippen LogP contribution in [0.5, 0.6) is 0 Å². The van der Waals surface area contributed by atoms with Gasteiger partial charge in [-0.1, -0.05) is 11.6 Å². The summed E-state index contributed by atoms with van der Waals surface area (Å²) < 4.78 is 0. The molecule has 3 nitrogen and oxygen atoms in total. The van der Waals surface area contributed by atoms with Crippen LogP contribution in [-0.2, 0) is 11.2 Å². The van der Waals surface area contributed by atoms with Gasteiger partial charge in [0.1, 0.15) is 0 Å². The fourth-order valence-electron chi connectivity index (χ4n) is 2.00. The van der Waals surface area contributed by atoms with Crippen LogP contribution in [0.3, 0.4) is 0 Å². The first-order valence-corrected chi connectivity index (χ1v) is 7.23. The van der Waals surface area contributed by atoms with E-state index in [1.165, 1.54) is 4.88 Å². The van der Waals surface area contributed by atoms with Gasteiger partial charge in [0, 0.05) is 29.3 Å². The monoisotopic (exact) mass is 272 g/mol. The SMILES string of the molecule is O=C(CCc1cc(Cl)cs1)NC1CCCNC1. The number of nitrogens with one attached hydrogen (secondary N) is 2. The van der Waals surface area contributed by atoms with Gasteiger partial charge in [-0.15, -0.1) is 11.3 Å². The highest BCUT2D eigenvalue weighted by molar-refractivity contribution is 7.10. The predicted octanol–water partition coefficient (Wildman–Crippen LogP) is 2.20. The molecule has 1 aliphatic heterocycles. The quantitative estimate of drug-likeness (QED) is 0.882. The van der Waals surface area contributed by atoms with Crippen molar-refractivity contribution < 1.29 is 4.79 Å². The molecular formula is C12H17ClN2OS. The lowest BCUT2D eigenvalue weighted by molar-refractivity contribution is -0.121. The summed E-state index contributed by atoms with van der Waals surface area (Å²) in [5.41, 5.74) is 0. The Bertz CT molecular complexity index is 374. The maximum absolute atomic E-state index is 11.7. The minimum absolute atomic E-state index is 0.142. The number of thiophene rings is 1. The molecule has 1 aliphatic rings. The molecule has 5 heteroatoms. The van der Waals surface area contributed by atoms with Crippen molar-refractivity contribution >= 4 is 28.8 Å². The van der Waals surface area contributed by atoms with Crippen LogP contribution in [0.25, 0.3) is 0 Å². The Morgan fingerprint density at radius 2 is 2.53 bits per heavy atom. The summed E-state index contributed by atoms with van der Waals surface area (Å²) in [6.07, 6.45) is 3.56. The zero-order chi connectivity index (χ0) is 12.1. The molecule has 0 aromatic carbocycles. The Morgan fingerprint density at radius 1 is 1.65 bits per heavy atom. The van der Waals surface area contributed by atoms with Gasteiger partial charge in [-0.3, -0.25) is 4.79 Å². The molecule has 0 saturated carbocycles. The Morgan fingerprint density at radius 3 is 3.18 bits per heavy atom. The molecule has 1 atom stereocenters. The molecule has 2 rings (SSSR count). The summed E-state index contributed by atoms with van der Waals surface area (Å²) in [5, 5.41) is 9.02. The molecule has 0 bridgehead atoms. The maximum Gasteiger partial charge on any atom is 0.220 e. The molecule has 17 heavy (non-hydrogen) atoms. The topological polar surface area (TPSA) is 41.1 Å². The fraction of sp³-hybridized carbons (Fsp3) is 0.583. The lowest BCUT2D eigenvalue weighted by Gasteiger charge is -2.23. The zero-order valence-electron chi connectivity index (χ0n) is 9.67. The lowest BCUT2D eigenvalue weighted by Crippen LogP contribution is -2.45. The molecule has 0 aliphatic carbocycles. The van der Waals surface area contributed by atoms with Crippen LogP contribution in [0.4, 0.5) is 0 Å². The number of aryl methyl sites for hydroxylation is 1. The molecule has 1 aromatic rings. The lowest BCUT2D eigenvalue weighted by atomic mass is 10.1. The van der Waals surface area contributed by atoms with E-state index >= 15 is 0 Å². The molecule has 1 saturated heterocycles. The first kappa shape index (κ1) is 12.9. The number of carbonyl (C=O) groups excluding carboxylic acids is 1. The number of amides is 1. The van der Waals surface area contributed by atoms with Crippen molar-refractivity contribution in [2.24, 2.45) is 0 Å². The van der Waals surface area contributed by atoms with Crippen LogP contribution in [0, 0.1) is 0 Å². The number of rotatable bonds is 4. The van der Waals surface area contributed by atoms with Gasteiger partial charge in [0.25, 0.3) is 0 Å². The summed E-state index contributed by atoms with van der Waals surface area (Å²) in [6, 6.07) is 2.24. The van der Waals surface area contributed by atoms with E-state index in [0.29, 0.717) is 12.5 Å². The van der Waals surface area contributed by atoms with Crippen LogP contribution in [0.15, 0.2) is 11.4 Å². The molecule has 1 fully saturated rings. The van der Waals surface area contributed by atoms with Crippen molar-refractivity contribution in [3.63, 3.8) is 0 Å². The minimum atomic E-state index is 0.142. The molecule has 0 radical (unpaired) electrons. The Hall–Kier alpha value is -0.580. The molecule has 1 amide bonds. The second-order valence-corrected chi connectivity index (χ2v) is 5.77. The summed E-state index contributed by atoms with van der Waals surface area (Å²) in [6.45, 7) is 1.97. The standard InChI is InChI=1S/C12H17ClN2OS/c13-9-6-11(17-8-9)3-4-12(16)15-10-2-1-5-14-7-10/h6,8,10,14H,1-5,7H2,(H,15,16). The van der Waals surface area contributed by atoms with Gasteiger partial charge in [-0.25, -0.2) is 0 Å². The molecule has 1 unspecified atom stereocenters. The second kappa shape index (κ2) is 6.38. The first-order valence-electron chi connectivity index (χ1n) is 5.97. The van der Waals surface area contributed by atoms with Gasteiger partial charge in [0.2, 0.25) is 5.91 Å². The number of piperidine rings is 1. The number of hydrogen-bond acceptors (Lipinski definition) is 3. The average molecular weight is 273 g/mol. The van der Waals surface area contributed by atoms with Crippen molar-refractivity contribution in [3.05, 3.63) is 21.3 Å². The largest absolute Gasteiger partial charge is 0.352 e. The zero-order valence-corrected chi connectivity index (χ0v) is 11.2. The van der Waals surface area contributed by atoms with E-state index in [9.17, 15) is 4.79 Å². The van der Waals surface area contributed by atoms with Crippen LogP contribution < -0.4 is 10.6 Å². The molecule has 0 spiro atoms. The summed E-state index contributed by atoms with van der Waals surface area (Å²) in [4.78, 5) is 12.9. The van der Waals surface area contributed by atoms with Crippen LogP contribution in [-0.4, -0.2) is 25.0 Å². The fourth-order valence-corrected chi connectivity index (χ4v) is 3.07. The van der Waals surface area contributed by atoms with Gasteiger partial charge in [-0.2, -0.15) is 0 Å². The van der Waals surface area contributed by atoms with E-state index in [-0.39, 0.29) is 5.91 Å². The van der Waals surface area contributed by atoms with E-state index in [0.717, 1.165) is 37.4 Å². The van der Waals surface area contributed by atoms with Crippen molar-refractivity contribution in [1.29, 1.82) is 0 Å². The molecular weight excluding hydrogens is 256 g/mol. The molecule has 1 aromatic heterocycles. The summed E-state index contributed by atoms with van der Waals surface area (Å²) in [5.74, 6) is 0.142. The van der Waals surface area contributed by atoms with Gasteiger partial charge in [0.15, 0.2) is 0 Å². The molecule has 2 N–H and O–H groups in total. The summed E-state index contributed by atoms with van der Waals surface area (Å²) in [7, 11) is 0. The number of halogens is 1. The van der Waals surface area contributed by atoms with Crippen molar-refractivity contribution in [2.75, 3.05) is 13.1 Å². The Labute approximate surface area is 111 Å². The van der Waals surface area contributed by atoms with Gasteiger partial charge >= 0.3 is 0 Å². The normalized spacial score (nSPS) is 20.2. The number of carbonyl (C=O) groups is 1. The van der Waals surface area contributed by atoms with Crippen molar-refractivity contribution in [1.82, 2.24) is 10.6 Å².